The second-order valence-electron chi connectivity index (χ2n) is 4.37. The normalized spacial score (nSPS) is 13.7. The van der Waals surface area contributed by atoms with Crippen LogP contribution in [-0.4, -0.2) is 23.9 Å². The molecule has 0 aliphatic heterocycles. The van der Waals surface area contributed by atoms with Gasteiger partial charge in [-0.3, -0.25) is 9.59 Å². The molecule has 0 aliphatic rings. The smallest absolute Gasteiger partial charge is 0.239 e. The third kappa shape index (κ3) is 3.85. The highest BCUT2D eigenvalue weighted by Crippen LogP contribution is 2.09. The van der Waals surface area contributed by atoms with Crippen LogP contribution in [0.25, 0.3) is 0 Å². The molecule has 5 N–H and O–H groups in total. The van der Waals surface area contributed by atoms with E-state index in [0.717, 1.165) is 11.1 Å². The number of carbonyl (C=O) groups is 2. The molecule has 0 unspecified atom stereocenters. The number of rotatable bonds is 5. The number of primary amides is 1. The SMILES string of the molecule is Cc1ccccc1C[C@H](N)C(=O)N[C@@H](C)C(N)=O. The lowest BCUT2D eigenvalue weighted by molar-refractivity contribution is -0.127. The van der Waals surface area contributed by atoms with Crippen molar-refractivity contribution in [3.05, 3.63) is 35.4 Å². The van der Waals surface area contributed by atoms with Crippen molar-refractivity contribution < 1.29 is 9.59 Å². The molecule has 1 rings (SSSR count). The predicted molar refractivity (Wildman–Crippen MR) is 69.7 cm³/mol. The number of carbonyl (C=O) groups excluding carboxylic acids is 2. The van der Waals surface area contributed by atoms with Crippen LogP contribution in [-0.2, 0) is 16.0 Å². The second kappa shape index (κ2) is 6.16. The van der Waals surface area contributed by atoms with Crippen LogP contribution in [0.4, 0.5) is 0 Å². The summed E-state index contributed by atoms with van der Waals surface area (Å²) >= 11 is 0. The van der Waals surface area contributed by atoms with E-state index in [2.05, 4.69) is 5.32 Å². The molecule has 98 valence electrons. The molecule has 0 heterocycles. The van der Waals surface area contributed by atoms with E-state index in [0.29, 0.717) is 6.42 Å². The van der Waals surface area contributed by atoms with Gasteiger partial charge in [-0.1, -0.05) is 24.3 Å². The lowest BCUT2D eigenvalue weighted by atomic mass is 10.0. The third-order valence-corrected chi connectivity index (χ3v) is 2.82. The molecule has 0 radical (unpaired) electrons. The van der Waals surface area contributed by atoms with Gasteiger partial charge in [0.2, 0.25) is 11.8 Å². The fourth-order valence-corrected chi connectivity index (χ4v) is 1.56. The topological polar surface area (TPSA) is 98.2 Å². The summed E-state index contributed by atoms with van der Waals surface area (Å²) in [6.07, 6.45) is 0.435. The summed E-state index contributed by atoms with van der Waals surface area (Å²) in [7, 11) is 0. The van der Waals surface area contributed by atoms with Crippen molar-refractivity contribution in [3.63, 3.8) is 0 Å². The van der Waals surface area contributed by atoms with Gasteiger partial charge in [0.1, 0.15) is 6.04 Å². The molecule has 5 heteroatoms. The Morgan fingerprint density at radius 1 is 1.33 bits per heavy atom. The van der Waals surface area contributed by atoms with Gasteiger partial charge in [-0.2, -0.15) is 0 Å². The number of hydrogen-bond acceptors (Lipinski definition) is 3. The fourth-order valence-electron chi connectivity index (χ4n) is 1.56. The van der Waals surface area contributed by atoms with Gasteiger partial charge in [-0.15, -0.1) is 0 Å². The summed E-state index contributed by atoms with van der Waals surface area (Å²) in [4.78, 5) is 22.6. The zero-order valence-electron chi connectivity index (χ0n) is 10.6. The summed E-state index contributed by atoms with van der Waals surface area (Å²) in [5.74, 6) is -0.948. The number of aryl methyl sites for hydroxylation is 1. The van der Waals surface area contributed by atoms with E-state index in [1.807, 2.05) is 31.2 Å². The maximum atomic E-state index is 11.7. The Morgan fingerprint density at radius 3 is 2.50 bits per heavy atom. The average Bonchev–Trinajstić information content (AvgIpc) is 2.31. The first-order valence-electron chi connectivity index (χ1n) is 5.81. The predicted octanol–water partition coefficient (Wildman–Crippen LogP) is -0.145. The van der Waals surface area contributed by atoms with Crippen LogP contribution >= 0.6 is 0 Å². The zero-order chi connectivity index (χ0) is 13.7. The highest BCUT2D eigenvalue weighted by molar-refractivity contribution is 5.88. The van der Waals surface area contributed by atoms with Crippen molar-refractivity contribution in [2.45, 2.75) is 32.4 Å². The highest BCUT2D eigenvalue weighted by Gasteiger charge is 2.18. The Kier molecular flexibility index (Phi) is 4.85. The fraction of sp³-hybridized carbons (Fsp3) is 0.385. The molecule has 18 heavy (non-hydrogen) atoms. The van der Waals surface area contributed by atoms with Crippen molar-refractivity contribution in [1.29, 1.82) is 0 Å². The third-order valence-electron chi connectivity index (χ3n) is 2.82. The molecular formula is C13H19N3O2. The quantitative estimate of drug-likeness (QED) is 0.677. The molecule has 0 saturated carbocycles. The van der Waals surface area contributed by atoms with E-state index < -0.39 is 18.0 Å². The van der Waals surface area contributed by atoms with E-state index in [1.54, 1.807) is 0 Å². The Labute approximate surface area is 107 Å². The Bertz CT molecular complexity index is 446. The van der Waals surface area contributed by atoms with E-state index in [9.17, 15) is 9.59 Å². The summed E-state index contributed by atoms with van der Waals surface area (Å²) in [6.45, 7) is 3.49. The molecule has 2 amide bonds. The maximum Gasteiger partial charge on any atom is 0.239 e. The summed E-state index contributed by atoms with van der Waals surface area (Å²) in [5.41, 5.74) is 13.0. The van der Waals surface area contributed by atoms with E-state index in [-0.39, 0.29) is 5.91 Å². The molecular weight excluding hydrogens is 230 g/mol. The van der Waals surface area contributed by atoms with Crippen molar-refractivity contribution in [2.75, 3.05) is 0 Å². The van der Waals surface area contributed by atoms with Crippen LogP contribution in [0.2, 0.25) is 0 Å². The van der Waals surface area contributed by atoms with Gasteiger partial charge in [-0.05, 0) is 31.4 Å². The van der Waals surface area contributed by atoms with Gasteiger partial charge in [0.05, 0.1) is 6.04 Å². The first-order chi connectivity index (χ1) is 8.41. The molecule has 0 bridgehead atoms. The Morgan fingerprint density at radius 2 is 1.94 bits per heavy atom. The van der Waals surface area contributed by atoms with Crippen molar-refractivity contribution in [2.24, 2.45) is 11.5 Å². The van der Waals surface area contributed by atoms with Crippen LogP contribution < -0.4 is 16.8 Å². The first kappa shape index (κ1) is 14.2. The summed E-state index contributed by atoms with van der Waals surface area (Å²) in [6, 6.07) is 6.33. The zero-order valence-corrected chi connectivity index (χ0v) is 10.6. The minimum absolute atomic E-state index is 0.371. The molecule has 0 aliphatic carbocycles. The van der Waals surface area contributed by atoms with Gasteiger partial charge in [-0.25, -0.2) is 0 Å². The van der Waals surface area contributed by atoms with Crippen molar-refractivity contribution in [3.8, 4) is 0 Å². The Hall–Kier alpha value is -1.88. The number of nitrogens with one attached hydrogen (secondary N) is 1. The minimum atomic E-state index is -0.708. The first-order valence-corrected chi connectivity index (χ1v) is 5.81. The Balaban J connectivity index is 2.60. The molecule has 0 saturated heterocycles. The van der Waals surface area contributed by atoms with E-state index in [4.69, 9.17) is 11.5 Å². The average molecular weight is 249 g/mol. The van der Waals surface area contributed by atoms with Gasteiger partial charge < -0.3 is 16.8 Å². The van der Waals surface area contributed by atoms with Gasteiger partial charge in [0.25, 0.3) is 0 Å². The highest BCUT2D eigenvalue weighted by atomic mass is 16.2. The molecule has 0 aromatic heterocycles. The van der Waals surface area contributed by atoms with Crippen LogP contribution in [0.5, 0.6) is 0 Å². The molecule has 1 aromatic carbocycles. The van der Waals surface area contributed by atoms with Crippen LogP contribution in [0.15, 0.2) is 24.3 Å². The van der Waals surface area contributed by atoms with Gasteiger partial charge in [0, 0.05) is 0 Å². The lowest BCUT2D eigenvalue weighted by Crippen LogP contribution is -2.49. The van der Waals surface area contributed by atoms with Crippen molar-refractivity contribution in [1.82, 2.24) is 5.32 Å². The minimum Gasteiger partial charge on any atom is -0.368 e. The molecule has 0 spiro atoms. The number of hydrogen-bond donors (Lipinski definition) is 3. The van der Waals surface area contributed by atoms with Crippen LogP contribution in [0.3, 0.4) is 0 Å². The summed E-state index contributed by atoms with van der Waals surface area (Å²) < 4.78 is 0. The molecule has 5 nitrogen and oxygen atoms in total. The standard InChI is InChI=1S/C13H19N3O2/c1-8-5-3-4-6-10(8)7-11(14)13(18)16-9(2)12(15)17/h3-6,9,11H,7,14H2,1-2H3,(H2,15,17)(H,16,18)/t9-,11-/m0/s1. The number of benzene rings is 1. The second-order valence-corrected chi connectivity index (χ2v) is 4.37. The molecule has 2 atom stereocenters. The van der Waals surface area contributed by atoms with E-state index in [1.165, 1.54) is 6.92 Å². The maximum absolute atomic E-state index is 11.7. The molecule has 0 fully saturated rings. The number of nitrogens with two attached hydrogens (primary N) is 2. The van der Waals surface area contributed by atoms with E-state index >= 15 is 0 Å². The largest absolute Gasteiger partial charge is 0.368 e. The molecule has 1 aromatic rings. The van der Waals surface area contributed by atoms with Crippen molar-refractivity contribution >= 4 is 11.8 Å². The summed E-state index contributed by atoms with van der Waals surface area (Å²) in [5, 5.41) is 2.48. The van der Waals surface area contributed by atoms with Gasteiger partial charge in [0.15, 0.2) is 0 Å². The van der Waals surface area contributed by atoms with Gasteiger partial charge >= 0.3 is 0 Å². The number of amides is 2. The van der Waals surface area contributed by atoms with Crippen LogP contribution in [0.1, 0.15) is 18.1 Å². The monoisotopic (exact) mass is 249 g/mol. The lowest BCUT2D eigenvalue weighted by Gasteiger charge is -2.16. The van der Waals surface area contributed by atoms with Crippen LogP contribution in [0, 0.1) is 6.92 Å².